The predicted molar refractivity (Wildman–Crippen MR) is 91.0 cm³/mol. The third-order valence-corrected chi connectivity index (χ3v) is 4.97. The highest BCUT2D eigenvalue weighted by atomic mass is 32.2. The number of amides is 1. The third-order valence-electron chi connectivity index (χ3n) is 3.33. The Bertz CT molecular complexity index is 617. The topological polar surface area (TPSA) is 96.7 Å². The van der Waals surface area contributed by atoms with Gasteiger partial charge in [-0.15, -0.1) is 11.3 Å². The van der Waals surface area contributed by atoms with Crippen LogP contribution in [0.2, 0.25) is 0 Å². The van der Waals surface area contributed by atoms with Gasteiger partial charge in [0.25, 0.3) is 0 Å². The first-order chi connectivity index (χ1) is 10.5. The molecule has 0 aromatic carbocycles. The minimum atomic E-state index is -0.693. The molecule has 6 nitrogen and oxygen atoms in total. The molecular formula is C14H21N5OS2. The summed E-state index contributed by atoms with van der Waals surface area (Å²) in [6, 6.07) is -0.693. The molecule has 0 saturated carbocycles. The van der Waals surface area contributed by atoms with Crippen LogP contribution in [0.5, 0.6) is 0 Å². The summed E-state index contributed by atoms with van der Waals surface area (Å²) >= 11 is 3.41. The van der Waals surface area contributed by atoms with Gasteiger partial charge in [-0.25, -0.2) is 4.98 Å². The van der Waals surface area contributed by atoms with E-state index in [1.807, 2.05) is 19.2 Å². The van der Waals surface area contributed by atoms with E-state index in [0.717, 1.165) is 33.4 Å². The number of carbonyl (C=O) groups is 1. The van der Waals surface area contributed by atoms with Crippen molar-refractivity contribution in [3.8, 4) is 0 Å². The summed E-state index contributed by atoms with van der Waals surface area (Å²) in [5.74, 6) is 0.744. The molecule has 2 aromatic rings. The summed E-state index contributed by atoms with van der Waals surface area (Å²) in [5.41, 5.74) is 9.40. The van der Waals surface area contributed by atoms with Crippen LogP contribution in [0.3, 0.4) is 0 Å². The van der Waals surface area contributed by atoms with E-state index in [2.05, 4.69) is 26.8 Å². The summed E-state index contributed by atoms with van der Waals surface area (Å²) in [5, 5.41) is 13.0. The highest BCUT2D eigenvalue weighted by Crippen LogP contribution is 2.18. The normalized spacial score (nSPS) is 12.4. The predicted octanol–water partition coefficient (Wildman–Crippen LogP) is 1.70. The lowest BCUT2D eigenvalue weighted by molar-refractivity contribution is -0.122. The molecule has 2 rings (SSSR count). The molecule has 0 spiro atoms. The van der Waals surface area contributed by atoms with Gasteiger partial charge in [-0.1, -0.05) is 0 Å². The zero-order valence-electron chi connectivity index (χ0n) is 13.0. The fourth-order valence-corrected chi connectivity index (χ4v) is 3.78. The first-order valence-corrected chi connectivity index (χ1v) is 9.27. The molecule has 0 radical (unpaired) electrons. The summed E-state index contributed by atoms with van der Waals surface area (Å²) in [6.07, 6.45) is 2.77. The van der Waals surface area contributed by atoms with Crippen LogP contribution < -0.4 is 11.1 Å². The number of aromatic nitrogens is 3. The van der Waals surface area contributed by atoms with Crippen LogP contribution in [0.1, 0.15) is 33.7 Å². The van der Waals surface area contributed by atoms with Gasteiger partial charge in [-0.2, -0.15) is 16.9 Å². The second kappa shape index (κ2) is 7.75. The lowest BCUT2D eigenvalue weighted by Gasteiger charge is -2.12. The van der Waals surface area contributed by atoms with E-state index in [1.165, 1.54) is 0 Å². The average Bonchev–Trinajstić information content (AvgIpc) is 3.06. The maximum atomic E-state index is 12.1. The summed E-state index contributed by atoms with van der Waals surface area (Å²) < 4.78 is 0. The molecule has 120 valence electrons. The first kappa shape index (κ1) is 17.0. The SMILES string of the molecule is CSCc1nc(CCNC(=O)[C@@H](N)c2c(C)n[nH]c2C)cs1. The fourth-order valence-electron chi connectivity index (χ4n) is 2.23. The Hall–Kier alpha value is -1.38. The Morgan fingerprint density at radius 2 is 2.32 bits per heavy atom. The zero-order chi connectivity index (χ0) is 16.1. The van der Waals surface area contributed by atoms with Gasteiger partial charge in [-0.3, -0.25) is 9.89 Å². The van der Waals surface area contributed by atoms with Gasteiger partial charge in [0.05, 0.1) is 11.4 Å². The summed E-state index contributed by atoms with van der Waals surface area (Å²) in [7, 11) is 0. The van der Waals surface area contributed by atoms with Crippen LogP contribution in [0.25, 0.3) is 0 Å². The standard InChI is InChI=1S/C14H21N5OS2/c1-8-12(9(2)19-18-8)13(15)14(20)16-5-4-10-6-22-11(17-10)7-21-3/h6,13H,4-5,7,15H2,1-3H3,(H,16,20)(H,18,19)/t13-/m0/s1. The lowest BCUT2D eigenvalue weighted by atomic mass is 10.1. The van der Waals surface area contributed by atoms with Crippen LogP contribution in [0.4, 0.5) is 0 Å². The van der Waals surface area contributed by atoms with Gasteiger partial charge in [0.2, 0.25) is 5.91 Å². The van der Waals surface area contributed by atoms with E-state index >= 15 is 0 Å². The molecule has 0 bridgehead atoms. The molecule has 4 N–H and O–H groups in total. The molecule has 0 aliphatic carbocycles. The van der Waals surface area contributed by atoms with Gasteiger partial charge < -0.3 is 11.1 Å². The van der Waals surface area contributed by atoms with Crippen molar-refractivity contribution in [1.82, 2.24) is 20.5 Å². The van der Waals surface area contributed by atoms with Crippen LogP contribution in [0, 0.1) is 13.8 Å². The number of nitrogens with one attached hydrogen (secondary N) is 2. The summed E-state index contributed by atoms with van der Waals surface area (Å²) in [6.45, 7) is 4.24. The number of rotatable bonds is 7. The number of carbonyl (C=O) groups excluding carboxylic acids is 1. The maximum Gasteiger partial charge on any atom is 0.241 e. The molecule has 2 heterocycles. The highest BCUT2D eigenvalue weighted by Gasteiger charge is 2.21. The third kappa shape index (κ3) is 4.08. The number of aryl methyl sites for hydroxylation is 2. The number of thioether (sulfide) groups is 1. The van der Waals surface area contributed by atoms with Gasteiger partial charge in [0.1, 0.15) is 11.0 Å². The van der Waals surface area contributed by atoms with Crippen molar-refractivity contribution >= 4 is 29.0 Å². The van der Waals surface area contributed by atoms with Crippen LogP contribution >= 0.6 is 23.1 Å². The Kier molecular flexibility index (Phi) is 5.98. The van der Waals surface area contributed by atoms with Gasteiger partial charge in [-0.05, 0) is 20.1 Å². The molecule has 0 unspecified atom stereocenters. The molecule has 1 amide bonds. The van der Waals surface area contributed by atoms with E-state index in [-0.39, 0.29) is 5.91 Å². The van der Waals surface area contributed by atoms with Crippen molar-refractivity contribution in [2.24, 2.45) is 5.73 Å². The quantitative estimate of drug-likeness (QED) is 0.713. The zero-order valence-corrected chi connectivity index (χ0v) is 14.6. The Balaban J connectivity index is 1.84. The van der Waals surface area contributed by atoms with Gasteiger partial charge in [0, 0.05) is 35.4 Å². The number of hydrogen-bond donors (Lipinski definition) is 3. The van der Waals surface area contributed by atoms with Gasteiger partial charge in [0.15, 0.2) is 0 Å². The van der Waals surface area contributed by atoms with Crippen molar-refractivity contribution in [3.05, 3.63) is 33.0 Å². The molecule has 8 heteroatoms. The number of nitrogens with zero attached hydrogens (tertiary/aromatic N) is 2. The van der Waals surface area contributed by atoms with E-state index in [0.29, 0.717) is 13.0 Å². The van der Waals surface area contributed by atoms with Crippen LogP contribution in [0.15, 0.2) is 5.38 Å². The first-order valence-electron chi connectivity index (χ1n) is 7.00. The Labute approximate surface area is 138 Å². The van der Waals surface area contributed by atoms with E-state index in [1.54, 1.807) is 23.1 Å². The fraction of sp³-hybridized carbons (Fsp3) is 0.500. The largest absolute Gasteiger partial charge is 0.354 e. The molecule has 0 fully saturated rings. The number of H-pyrrole nitrogens is 1. The molecule has 22 heavy (non-hydrogen) atoms. The van der Waals surface area contributed by atoms with Crippen LogP contribution in [-0.4, -0.2) is 33.9 Å². The minimum Gasteiger partial charge on any atom is -0.354 e. The van der Waals surface area contributed by atoms with E-state index < -0.39 is 6.04 Å². The smallest absolute Gasteiger partial charge is 0.241 e. The number of hydrogen-bond acceptors (Lipinski definition) is 6. The molecule has 0 saturated heterocycles. The minimum absolute atomic E-state index is 0.188. The van der Waals surface area contributed by atoms with Crippen molar-refractivity contribution in [1.29, 1.82) is 0 Å². The van der Waals surface area contributed by atoms with Crippen molar-refractivity contribution in [2.75, 3.05) is 12.8 Å². The number of nitrogens with two attached hydrogens (primary N) is 1. The molecule has 0 aliphatic heterocycles. The van der Waals surface area contributed by atoms with Crippen molar-refractivity contribution in [2.45, 2.75) is 32.1 Å². The van der Waals surface area contributed by atoms with E-state index in [9.17, 15) is 4.79 Å². The lowest BCUT2D eigenvalue weighted by Crippen LogP contribution is -2.35. The van der Waals surface area contributed by atoms with Crippen molar-refractivity contribution < 1.29 is 4.79 Å². The second-order valence-corrected chi connectivity index (χ2v) is 6.84. The Morgan fingerprint density at radius 1 is 1.55 bits per heavy atom. The van der Waals surface area contributed by atoms with Gasteiger partial charge >= 0.3 is 0 Å². The average molecular weight is 339 g/mol. The van der Waals surface area contributed by atoms with E-state index in [4.69, 9.17) is 5.73 Å². The second-order valence-electron chi connectivity index (χ2n) is 5.03. The molecule has 2 aromatic heterocycles. The van der Waals surface area contributed by atoms with Crippen LogP contribution in [-0.2, 0) is 17.0 Å². The summed E-state index contributed by atoms with van der Waals surface area (Å²) in [4.78, 5) is 16.7. The maximum absolute atomic E-state index is 12.1. The number of aromatic amines is 1. The number of thiazole rings is 1. The highest BCUT2D eigenvalue weighted by molar-refractivity contribution is 7.97. The molecule has 1 atom stereocenters. The monoisotopic (exact) mass is 339 g/mol. The Morgan fingerprint density at radius 3 is 2.95 bits per heavy atom. The molecular weight excluding hydrogens is 318 g/mol. The molecule has 0 aliphatic rings. The van der Waals surface area contributed by atoms with Crippen molar-refractivity contribution in [3.63, 3.8) is 0 Å².